The lowest BCUT2D eigenvalue weighted by atomic mass is 9.81. The van der Waals surface area contributed by atoms with Crippen LogP contribution in [0.4, 0.5) is 0 Å². The molecule has 0 radical (unpaired) electrons. The van der Waals surface area contributed by atoms with Crippen LogP contribution in [0.15, 0.2) is 57.7 Å². The topological polar surface area (TPSA) is 43.1 Å². The Morgan fingerprint density at radius 3 is 2.44 bits per heavy atom. The highest BCUT2D eigenvalue weighted by Crippen LogP contribution is 2.40. The number of fused-ring (bicyclic) bond motifs is 4. The van der Waals surface area contributed by atoms with Crippen molar-refractivity contribution >= 4 is 21.9 Å². The lowest BCUT2D eigenvalue weighted by molar-refractivity contribution is 0.436. The number of benzene rings is 3. The molecule has 5 rings (SSSR count). The van der Waals surface area contributed by atoms with E-state index in [9.17, 15) is 4.79 Å². The maximum Gasteiger partial charge on any atom is 0.193 e. The van der Waals surface area contributed by atoms with Crippen molar-refractivity contribution in [3.63, 3.8) is 0 Å². The first kappa shape index (κ1) is 14.6. The third-order valence-corrected chi connectivity index (χ3v) is 5.45. The standard InChI is InChI=1S/C22H19NO2/c24-21-16-11-5-4-10-15(16)20-22(19(21)14-8-2-1-3-9-14)25-18-13-7-6-12-17(18)23-20/h4-7,10-14H,1-3,8-9H2. The Morgan fingerprint density at radius 1 is 0.880 bits per heavy atom. The zero-order chi connectivity index (χ0) is 16.8. The van der Waals surface area contributed by atoms with Crippen molar-refractivity contribution in [2.24, 2.45) is 0 Å². The zero-order valence-corrected chi connectivity index (χ0v) is 14.0. The van der Waals surface area contributed by atoms with Gasteiger partial charge in [0, 0.05) is 16.3 Å². The van der Waals surface area contributed by atoms with E-state index in [1.807, 2.05) is 48.5 Å². The van der Waals surface area contributed by atoms with Gasteiger partial charge in [0.2, 0.25) is 0 Å². The number of hydrogen-bond acceptors (Lipinski definition) is 3. The molecule has 3 aliphatic rings. The van der Waals surface area contributed by atoms with Crippen molar-refractivity contribution in [3.05, 3.63) is 64.3 Å². The summed E-state index contributed by atoms with van der Waals surface area (Å²) in [6, 6.07) is 15.6. The summed E-state index contributed by atoms with van der Waals surface area (Å²) in [6.07, 6.45) is 5.74. The SMILES string of the molecule is O=c1c(C2CCCCC2)c2oc3ccccc3nc-2c2ccccc12. The van der Waals surface area contributed by atoms with Crippen LogP contribution in [0.3, 0.4) is 0 Å². The summed E-state index contributed by atoms with van der Waals surface area (Å²) >= 11 is 0. The molecule has 3 heteroatoms. The molecule has 1 saturated carbocycles. The Hall–Kier alpha value is -2.68. The molecule has 0 atom stereocenters. The van der Waals surface area contributed by atoms with Crippen molar-refractivity contribution in [1.29, 1.82) is 0 Å². The highest BCUT2D eigenvalue weighted by molar-refractivity contribution is 5.98. The van der Waals surface area contributed by atoms with Crippen molar-refractivity contribution < 1.29 is 4.42 Å². The van der Waals surface area contributed by atoms with Gasteiger partial charge < -0.3 is 4.42 Å². The van der Waals surface area contributed by atoms with Crippen LogP contribution in [0.25, 0.3) is 33.3 Å². The summed E-state index contributed by atoms with van der Waals surface area (Å²) in [7, 11) is 0. The molecule has 0 bridgehead atoms. The molecule has 0 unspecified atom stereocenters. The normalized spacial score (nSPS) is 16.0. The molecule has 0 amide bonds. The molecule has 3 nitrogen and oxygen atoms in total. The quantitative estimate of drug-likeness (QED) is 0.342. The molecule has 2 aromatic rings. The minimum atomic E-state index is 0.121. The molecule has 0 N–H and O–H groups in total. The molecule has 0 saturated heterocycles. The van der Waals surface area contributed by atoms with Crippen LogP contribution < -0.4 is 5.43 Å². The van der Waals surface area contributed by atoms with Gasteiger partial charge in [-0.2, -0.15) is 0 Å². The van der Waals surface area contributed by atoms with Crippen LogP contribution in [0.5, 0.6) is 0 Å². The summed E-state index contributed by atoms with van der Waals surface area (Å²) in [5.41, 5.74) is 3.34. The van der Waals surface area contributed by atoms with Gasteiger partial charge in [0.05, 0.1) is 0 Å². The largest absolute Gasteiger partial charge is 0.452 e. The van der Waals surface area contributed by atoms with Gasteiger partial charge in [-0.15, -0.1) is 0 Å². The van der Waals surface area contributed by atoms with Gasteiger partial charge in [-0.3, -0.25) is 4.79 Å². The van der Waals surface area contributed by atoms with Gasteiger partial charge >= 0.3 is 0 Å². The summed E-state index contributed by atoms with van der Waals surface area (Å²) in [5.74, 6) is 0.967. The Labute approximate surface area is 145 Å². The van der Waals surface area contributed by atoms with Gasteiger partial charge in [-0.1, -0.05) is 55.7 Å². The maximum absolute atomic E-state index is 13.3. The smallest absolute Gasteiger partial charge is 0.193 e. The van der Waals surface area contributed by atoms with E-state index in [-0.39, 0.29) is 11.3 Å². The fraction of sp³-hybridized carbons (Fsp3) is 0.273. The average Bonchev–Trinajstić information content (AvgIpc) is 2.68. The van der Waals surface area contributed by atoms with E-state index < -0.39 is 0 Å². The summed E-state index contributed by atoms with van der Waals surface area (Å²) in [4.78, 5) is 18.2. The molecule has 25 heavy (non-hydrogen) atoms. The van der Waals surface area contributed by atoms with E-state index in [1.165, 1.54) is 19.3 Å². The molecule has 1 fully saturated rings. The first-order valence-corrected chi connectivity index (χ1v) is 9.07. The van der Waals surface area contributed by atoms with Crippen LogP contribution in [0.2, 0.25) is 0 Å². The molecular weight excluding hydrogens is 310 g/mol. The average molecular weight is 329 g/mol. The van der Waals surface area contributed by atoms with E-state index in [4.69, 9.17) is 9.40 Å². The first-order valence-electron chi connectivity index (χ1n) is 9.07. The highest BCUT2D eigenvalue weighted by atomic mass is 16.3. The molecule has 124 valence electrons. The second-order valence-electron chi connectivity index (χ2n) is 6.98. The zero-order valence-electron chi connectivity index (χ0n) is 14.0. The van der Waals surface area contributed by atoms with E-state index >= 15 is 0 Å². The summed E-state index contributed by atoms with van der Waals surface area (Å²) in [6.45, 7) is 0. The Kier molecular flexibility index (Phi) is 3.34. The fourth-order valence-electron chi connectivity index (χ4n) is 4.23. The Morgan fingerprint density at radius 2 is 1.60 bits per heavy atom. The van der Waals surface area contributed by atoms with Crippen LogP contribution in [-0.4, -0.2) is 4.98 Å². The van der Waals surface area contributed by atoms with Gasteiger partial charge in [0.1, 0.15) is 11.2 Å². The molecule has 1 heterocycles. The fourth-order valence-corrected chi connectivity index (χ4v) is 4.23. The third-order valence-electron chi connectivity index (χ3n) is 5.45. The second kappa shape index (κ2) is 5.69. The second-order valence-corrected chi connectivity index (χ2v) is 6.98. The highest BCUT2D eigenvalue weighted by Gasteiger charge is 2.28. The van der Waals surface area contributed by atoms with Gasteiger partial charge in [-0.05, 0) is 30.9 Å². The van der Waals surface area contributed by atoms with Crippen LogP contribution >= 0.6 is 0 Å². The first-order chi connectivity index (χ1) is 12.3. The summed E-state index contributed by atoms with van der Waals surface area (Å²) < 4.78 is 6.26. The molecule has 2 aliphatic carbocycles. The van der Waals surface area contributed by atoms with Gasteiger partial charge in [0.25, 0.3) is 0 Å². The predicted molar refractivity (Wildman–Crippen MR) is 100 cm³/mol. The van der Waals surface area contributed by atoms with Crippen LogP contribution in [0.1, 0.15) is 43.6 Å². The van der Waals surface area contributed by atoms with E-state index in [0.29, 0.717) is 5.76 Å². The van der Waals surface area contributed by atoms with Gasteiger partial charge in [-0.25, -0.2) is 4.98 Å². The number of hydrogen-bond donors (Lipinski definition) is 0. The van der Waals surface area contributed by atoms with Gasteiger partial charge in [0.15, 0.2) is 16.8 Å². The van der Waals surface area contributed by atoms with E-state index in [2.05, 4.69) is 0 Å². The minimum absolute atomic E-state index is 0.121. The molecular formula is C22H19NO2. The lowest BCUT2D eigenvalue weighted by Gasteiger charge is -2.24. The summed E-state index contributed by atoms with van der Waals surface area (Å²) in [5, 5.41) is 1.64. The predicted octanol–water partition coefficient (Wildman–Crippen LogP) is 5.49. The van der Waals surface area contributed by atoms with Crippen molar-refractivity contribution in [3.8, 4) is 11.5 Å². The molecule has 2 aromatic carbocycles. The van der Waals surface area contributed by atoms with E-state index in [0.717, 1.165) is 46.0 Å². The molecule has 1 aliphatic heterocycles. The van der Waals surface area contributed by atoms with Crippen molar-refractivity contribution in [2.75, 3.05) is 0 Å². The monoisotopic (exact) mass is 329 g/mol. The Bertz CT molecular complexity index is 1110. The minimum Gasteiger partial charge on any atom is -0.452 e. The van der Waals surface area contributed by atoms with Crippen molar-refractivity contribution in [2.45, 2.75) is 38.0 Å². The number of rotatable bonds is 1. The third kappa shape index (κ3) is 2.26. The van der Waals surface area contributed by atoms with Crippen molar-refractivity contribution in [1.82, 2.24) is 4.98 Å². The number of para-hydroxylation sites is 2. The van der Waals surface area contributed by atoms with Crippen LogP contribution in [-0.2, 0) is 0 Å². The van der Waals surface area contributed by atoms with Crippen LogP contribution in [0, 0.1) is 0 Å². The lowest BCUT2D eigenvalue weighted by Crippen LogP contribution is -2.19. The maximum atomic E-state index is 13.3. The Balaban J connectivity index is 1.94. The van der Waals surface area contributed by atoms with E-state index in [1.54, 1.807) is 0 Å². The number of nitrogens with zero attached hydrogens (tertiary/aromatic N) is 1. The molecule has 0 aromatic heterocycles. The molecule has 0 spiro atoms. The number of aromatic nitrogens is 1.